The van der Waals surface area contributed by atoms with Crippen LogP contribution in [0.15, 0.2) is 24.3 Å². The Hall–Kier alpha value is -1.80. The molecule has 128 valence electrons. The van der Waals surface area contributed by atoms with E-state index in [0.29, 0.717) is 4.90 Å². The van der Waals surface area contributed by atoms with Crippen LogP contribution in [0.25, 0.3) is 0 Å². The van der Waals surface area contributed by atoms with E-state index in [9.17, 15) is 35.5 Å². The van der Waals surface area contributed by atoms with Crippen molar-refractivity contribution in [2.45, 2.75) is 25.2 Å². The first kappa shape index (κ1) is 17.6. The molecule has 1 saturated heterocycles. The summed E-state index contributed by atoms with van der Waals surface area (Å²) in [4.78, 5) is 12.5. The first-order valence-electron chi connectivity index (χ1n) is 6.62. The van der Waals surface area contributed by atoms with E-state index in [1.165, 1.54) is 12.1 Å². The van der Waals surface area contributed by atoms with Gasteiger partial charge in [-0.1, -0.05) is 12.1 Å². The van der Waals surface area contributed by atoms with Crippen molar-refractivity contribution in [1.29, 1.82) is 0 Å². The average Bonchev–Trinajstić information content (AvgIpc) is 2.84. The monoisotopic (exact) mass is 343 g/mol. The molecule has 1 aromatic rings. The van der Waals surface area contributed by atoms with Gasteiger partial charge in [0, 0.05) is 13.1 Å². The van der Waals surface area contributed by atoms with Crippen molar-refractivity contribution in [3.05, 3.63) is 35.6 Å². The van der Waals surface area contributed by atoms with Crippen LogP contribution in [-0.4, -0.2) is 36.2 Å². The second kappa shape index (κ2) is 5.68. The fourth-order valence-electron chi connectivity index (χ4n) is 2.58. The Morgan fingerprint density at radius 3 is 2.22 bits per heavy atom. The van der Waals surface area contributed by atoms with E-state index in [0.717, 1.165) is 12.1 Å². The zero-order chi connectivity index (χ0) is 17.5. The Balaban J connectivity index is 2.16. The number of benzene rings is 1. The van der Waals surface area contributed by atoms with Crippen LogP contribution in [0.4, 0.5) is 30.7 Å². The lowest BCUT2D eigenvalue weighted by Crippen LogP contribution is -2.52. The molecule has 2 nitrogen and oxygen atoms in total. The predicted octanol–water partition coefficient (Wildman–Crippen LogP) is 3.71. The molecule has 1 fully saturated rings. The molecule has 0 atom stereocenters. The number of likely N-dealkylation sites (tertiary alicyclic amines) is 1. The SMILES string of the molecule is O=C(Cc1cccc(F)c1)N1CCC(C(F)(F)F)(C(F)(F)F)C1. The molecule has 0 spiro atoms. The molecule has 0 N–H and O–H groups in total. The van der Waals surface area contributed by atoms with E-state index in [-0.39, 0.29) is 5.56 Å². The number of nitrogens with zero attached hydrogens (tertiary/aromatic N) is 1. The van der Waals surface area contributed by atoms with E-state index < -0.39 is 55.4 Å². The van der Waals surface area contributed by atoms with Crippen LogP contribution >= 0.6 is 0 Å². The number of alkyl halides is 6. The summed E-state index contributed by atoms with van der Waals surface area (Å²) >= 11 is 0. The molecule has 0 bridgehead atoms. The highest BCUT2D eigenvalue weighted by Crippen LogP contribution is 2.55. The number of amides is 1. The van der Waals surface area contributed by atoms with Crippen LogP contribution in [0.2, 0.25) is 0 Å². The number of halogens is 7. The summed E-state index contributed by atoms with van der Waals surface area (Å²) in [5.74, 6) is -1.54. The van der Waals surface area contributed by atoms with Crippen LogP contribution in [0, 0.1) is 11.2 Å². The highest BCUT2D eigenvalue weighted by molar-refractivity contribution is 5.79. The van der Waals surface area contributed by atoms with Crippen LogP contribution < -0.4 is 0 Å². The van der Waals surface area contributed by atoms with Gasteiger partial charge in [0.05, 0.1) is 6.42 Å². The van der Waals surface area contributed by atoms with Crippen molar-refractivity contribution in [3.63, 3.8) is 0 Å². The van der Waals surface area contributed by atoms with Crippen molar-refractivity contribution in [1.82, 2.24) is 4.90 Å². The highest BCUT2D eigenvalue weighted by Gasteiger charge is 2.72. The van der Waals surface area contributed by atoms with E-state index in [2.05, 4.69) is 0 Å². The van der Waals surface area contributed by atoms with E-state index in [1.807, 2.05) is 0 Å². The summed E-state index contributed by atoms with van der Waals surface area (Å²) in [6.45, 7) is -2.11. The van der Waals surface area contributed by atoms with Crippen LogP contribution in [0.5, 0.6) is 0 Å². The molecule has 0 unspecified atom stereocenters. The number of rotatable bonds is 2. The molecule has 0 aromatic heterocycles. The molecule has 1 aromatic carbocycles. The largest absolute Gasteiger partial charge is 0.404 e. The third kappa shape index (κ3) is 3.28. The molecule has 1 heterocycles. The fraction of sp³-hybridized carbons (Fsp3) is 0.500. The summed E-state index contributed by atoms with van der Waals surface area (Å²) in [6.07, 6.45) is -12.7. The number of hydrogen-bond donors (Lipinski definition) is 0. The van der Waals surface area contributed by atoms with Gasteiger partial charge in [-0.15, -0.1) is 0 Å². The number of carbonyl (C=O) groups excluding carboxylic acids is 1. The lowest BCUT2D eigenvalue weighted by molar-refractivity contribution is -0.334. The van der Waals surface area contributed by atoms with Gasteiger partial charge in [-0.25, -0.2) is 4.39 Å². The van der Waals surface area contributed by atoms with Crippen molar-refractivity contribution < 1.29 is 35.5 Å². The van der Waals surface area contributed by atoms with Gasteiger partial charge >= 0.3 is 12.4 Å². The van der Waals surface area contributed by atoms with Crippen LogP contribution in [-0.2, 0) is 11.2 Å². The van der Waals surface area contributed by atoms with Crippen molar-refractivity contribution in [3.8, 4) is 0 Å². The summed E-state index contributed by atoms with van der Waals surface area (Å²) in [5, 5.41) is 0. The Bertz CT molecular complexity index is 580. The zero-order valence-corrected chi connectivity index (χ0v) is 11.6. The number of carbonyl (C=O) groups is 1. The van der Waals surface area contributed by atoms with Crippen LogP contribution in [0.3, 0.4) is 0 Å². The maximum Gasteiger partial charge on any atom is 0.404 e. The van der Waals surface area contributed by atoms with Gasteiger partial charge in [-0.2, -0.15) is 26.3 Å². The fourth-order valence-corrected chi connectivity index (χ4v) is 2.58. The molecule has 0 aliphatic carbocycles. The van der Waals surface area contributed by atoms with Gasteiger partial charge in [0.2, 0.25) is 5.91 Å². The summed E-state index contributed by atoms with van der Waals surface area (Å²) in [7, 11) is 0. The minimum Gasteiger partial charge on any atom is -0.341 e. The van der Waals surface area contributed by atoms with Gasteiger partial charge in [-0.3, -0.25) is 4.79 Å². The van der Waals surface area contributed by atoms with Crippen LogP contribution in [0.1, 0.15) is 12.0 Å². The smallest absolute Gasteiger partial charge is 0.341 e. The van der Waals surface area contributed by atoms with Gasteiger partial charge in [0.25, 0.3) is 0 Å². The molecule has 1 amide bonds. The Morgan fingerprint density at radius 2 is 1.74 bits per heavy atom. The lowest BCUT2D eigenvalue weighted by atomic mass is 9.85. The van der Waals surface area contributed by atoms with Gasteiger partial charge in [0.1, 0.15) is 5.82 Å². The molecular weight excluding hydrogens is 331 g/mol. The maximum atomic E-state index is 13.0. The predicted molar refractivity (Wildman–Crippen MR) is 65.8 cm³/mol. The van der Waals surface area contributed by atoms with Crippen molar-refractivity contribution in [2.75, 3.05) is 13.1 Å². The highest BCUT2D eigenvalue weighted by atomic mass is 19.4. The molecule has 0 radical (unpaired) electrons. The van der Waals surface area contributed by atoms with Crippen molar-refractivity contribution >= 4 is 5.91 Å². The van der Waals surface area contributed by atoms with E-state index in [4.69, 9.17) is 0 Å². The third-order valence-corrected chi connectivity index (χ3v) is 3.95. The summed E-state index contributed by atoms with van der Waals surface area (Å²) in [5.41, 5.74) is -3.72. The molecule has 2 rings (SSSR count). The third-order valence-electron chi connectivity index (χ3n) is 3.95. The molecule has 0 saturated carbocycles. The second-order valence-corrected chi connectivity index (χ2v) is 5.45. The first-order valence-corrected chi connectivity index (χ1v) is 6.62. The van der Waals surface area contributed by atoms with E-state index in [1.54, 1.807) is 0 Å². The minimum atomic E-state index is -5.50. The van der Waals surface area contributed by atoms with Crippen molar-refractivity contribution in [2.24, 2.45) is 5.41 Å². The Morgan fingerprint density at radius 1 is 1.13 bits per heavy atom. The lowest BCUT2D eigenvalue weighted by Gasteiger charge is -2.33. The topological polar surface area (TPSA) is 20.3 Å². The summed E-state index contributed by atoms with van der Waals surface area (Å²) in [6, 6.07) is 4.80. The molecule has 23 heavy (non-hydrogen) atoms. The second-order valence-electron chi connectivity index (χ2n) is 5.45. The average molecular weight is 343 g/mol. The Kier molecular flexibility index (Phi) is 4.34. The molecule has 1 aliphatic rings. The quantitative estimate of drug-likeness (QED) is 0.750. The molecule has 9 heteroatoms. The van der Waals surface area contributed by atoms with Gasteiger partial charge < -0.3 is 4.90 Å². The number of hydrogen-bond acceptors (Lipinski definition) is 1. The molecule has 1 aliphatic heterocycles. The normalized spacial score (nSPS) is 18.3. The summed E-state index contributed by atoms with van der Waals surface area (Å²) < 4.78 is 90.5. The standard InChI is InChI=1S/C14H12F7NO/c15-10-3-1-2-9(6-10)7-11(23)22-5-4-12(8-22,13(16,17)18)14(19,20)21/h1-3,6H,4-5,7-8H2. The van der Waals surface area contributed by atoms with Gasteiger partial charge in [-0.05, 0) is 24.1 Å². The maximum absolute atomic E-state index is 13.0. The first-order chi connectivity index (χ1) is 10.5. The zero-order valence-electron chi connectivity index (χ0n) is 11.6. The minimum absolute atomic E-state index is 0.187. The Labute approximate surface area is 126 Å². The van der Waals surface area contributed by atoms with E-state index >= 15 is 0 Å². The molecular formula is C14H12F7NO. The van der Waals surface area contributed by atoms with Gasteiger partial charge in [0.15, 0.2) is 5.41 Å².